The van der Waals surface area contributed by atoms with Crippen LogP contribution in [0.15, 0.2) is 42.6 Å². The van der Waals surface area contributed by atoms with Crippen molar-refractivity contribution in [2.24, 2.45) is 13.0 Å². The number of hydrogen-bond acceptors (Lipinski definition) is 6. The van der Waals surface area contributed by atoms with Gasteiger partial charge in [-0.1, -0.05) is 0 Å². The predicted octanol–water partition coefficient (Wildman–Crippen LogP) is 3.91. The van der Waals surface area contributed by atoms with Gasteiger partial charge < -0.3 is 15.5 Å². The van der Waals surface area contributed by atoms with Crippen molar-refractivity contribution >= 4 is 27.8 Å². The van der Waals surface area contributed by atoms with Crippen molar-refractivity contribution in [1.82, 2.24) is 30.4 Å². The van der Waals surface area contributed by atoms with Crippen molar-refractivity contribution in [2.75, 3.05) is 38.6 Å². The molecule has 7 nitrogen and oxygen atoms in total. The Bertz CT molecular complexity index is 1290. The fourth-order valence-electron chi connectivity index (χ4n) is 4.70. The number of nitrogens with one attached hydrogen (secondary N) is 2. The van der Waals surface area contributed by atoms with E-state index in [0.29, 0.717) is 6.04 Å². The fourth-order valence-corrected chi connectivity index (χ4v) is 4.70. The van der Waals surface area contributed by atoms with E-state index in [0.717, 1.165) is 58.0 Å². The van der Waals surface area contributed by atoms with Crippen LogP contribution in [0.25, 0.3) is 33.2 Å². The Morgan fingerprint density at radius 2 is 1.76 bits per heavy atom. The Hall–Kier alpha value is -3.03. The van der Waals surface area contributed by atoms with Gasteiger partial charge in [0.1, 0.15) is 5.82 Å². The van der Waals surface area contributed by atoms with Gasteiger partial charge in [0.15, 0.2) is 0 Å². The van der Waals surface area contributed by atoms with Crippen LogP contribution >= 0.6 is 0 Å². The summed E-state index contributed by atoms with van der Waals surface area (Å²) in [6, 6.07) is 13.3. The molecular weight excluding hydrogens is 422 g/mol. The number of aromatic nitrogens is 4. The zero-order valence-corrected chi connectivity index (χ0v) is 20.7. The predicted molar refractivity (Wildman–Crippen MR) is 140 cm³/mol. The Morgan fingerprint density at radius 3 is 2.56 bits per heavy atom. The summed E-state index contributed by atoms with van der Waals surface area (Å²) in [7, 11) is 5.71. The maximum Gasteiger partial charge on any atom is 0.129 e. The molecule has 2 fully saturated rings. The fraction of sp³-hybridized carbons (Fsp3) is 0.444. The minimum absolute atomic E-state index is 0.587. The van der Waals surface area contributed by atoms with E-state index >= 15 is 0 Å². The molecule has 2 aliphatic rings. The molecule has 4 aromatic rings. The Morgan fingerprint density at radius 1 is 1.00 bits per heavy atom. The van der Waals surface area contributed by atoms with E-state index in [4.69, 9.17) is 9.97 Å². The topological polar surface area (TPSA) is 70.9 Å². The molecule has 0 spiro atoms. The van der Waals surface area contributed by atoms with Crippen LogP contribution in [0.4, 0.5) is 5.82 Å². The van der Waals surface area contributed by atoms with Crippen molar-refractivity contribution in [3.05, 3.63) is 48.2 Å². The molecule has 2 N–H and O–H groups in total. The summed E-state index contributed by atoms with van der Waals surface area (Å²) < 4.78 is 1.87. The van der Waals surface area contributed by atoms with E-state index in [1.807, 2.05) is 25.8 Å². The first kappa shape index (κ1) is 22.7. The molecule has 7 heteroatoms. The van der Waals surface area contributed by atoms with Crippen LogP contribution in [0, 0.1) is 12.8 Å². The van der Waals surface area contributed by atoms with Gasteiger partial charge >= 0.3 is 0 Å². The third kappa shape index (κ3) is 4.91. The number of rotatable bonds is 5. The molecule has 4 heterocycles. The van der Waals surface area contributed by atoms with E-state index in [1.54, 1.807) is 0 Å². The van der Waals surface area contributed by atoms with Gasteiger partial charge in [-0.05, 0) is 94.7 Å². The van der Waals surface area contributed by atoms with Gasteiger partial charge in [0, 0.05) is 43.3 Å². The molecule has 34 heavy (non-hydrogen) atoms. The van der Waals surface area contributed by atoms with Crippen LogP contribution in [0.2, 0.25) is 0 Å². The minimum Gasteiger partial charge on any atom is -0.355 e. The maximum atomic E-state index is 4.93. The highest BCUT2D eigenvalue weighted by molar-refractivity contribution is 5.88. The van der Waals surface area contributed by atoms with Crippen molar-refractivity contribution in [2.45, 2.75) is 32.2 Å². The van der Waals surface area contributed by atoms with Crippen molar-refractivity contribution in [1.29, 1.82) is 0 Å². The molecule has 3 aromatic heterocycles. The highest BCUT2D eigenvalue weighted by atomic mass is 15.2. The molecule has 0 bridgehead atoms. The highest BCUT2D eigenvalue weighted by Crippen LogP contribution is 2.29. The summed E-state index contributed by atoms with van der Waals surface area (Å²) in [5, 5.41) is 12.2. The molecule has 178 valence electrons. The first-order chi connectivity index (χ1) is 16.5. The van der Waals surface area contributed by atoms with Gasteiger partial charge in [-0.25, -0.2) is 9.97 Å². The largest absolute Gasteiger partial charge is 0.355 e. The molecule has 1 aliphatic heterocycles. The van der Waals surface area contributed by atoms with Crippen LogP contribution in [-0.4, -0.2) is 59.5 Å². The highest BCUT2D eigenvalue weighted by Gasteiger charge is 2.27. The maximum absolute atomic E-state index is 4.93. The number of anilines is 1. The molecule has 6 rings (SSSR count). The first-order valence-corrected chi connectivity index (χ1v) is 12.3. The monoisotopic (exact) mass is 457 g/mol. The average molecular weight is 458 g/mol. The first-order valence-electron chi connectivity index (χ1n) is 12.3. The lowest BCUT2D eigenvalue weighted by Crippen LogP contribution is -2.34. The van der Waals surface area contributed by atoms with Crippen LogP contribution in [0.5, 0.6) is 0 Å². The zero-order valence-electron chi connectivity index (χ0n) is 20.7. The van der Waals surface area contributed by atoms with Crippen molar-refractivity contribution in [3.63, 3.8) is 0 Å². The van der Waals surface area contributed by atoms with E-state index in [9.17, 15) is 0 Å². The van der Waals surface area contributed by atoms with Gasteiger partial charge in [0.2, 0.25) is 0 Å². The van der Waals surface area contributed by atoms with Crippen LogP contribution in [0.3, 0.4) is 0 Å². The number of hydrogen-bond donors (Lipinski definition) is 2. The van der Waals surface area contributed by atoms with Gasteiger partial charge in [0.25, 0.3) is 0 Å². The second-order valence-electron chi connectivity index (χ2n) is 9.72. The molecule has 1 saturated heterocycles. The van der Waals surface area contributed by atoms with Gasteiger partial charge in [-0.3, -0.25) is 4.68 Å². The Kier molecular flexibility index (Phi) is 6.48. The zero-order chi connectivity index (χ0) is 23.7. The number of fused-ring (bicyclic) bond motifs is 2. The summed E-state index contributed by atoms with van der Waals surface area (Å²) in [6.45, 7) is 5.40. The van der Waals surface area contributed by atoms with Crippen LogP contribution in [0.1, 0.15) is 24.8 Å². The summed E-state index contributed by atoms with van der Waals surface area (Å²) >= 11 is 0. The molecule has 1 unspecified atom stereocenters. The van der Waals surface area contributed by atoms with Gasteiger partial charge in [-0.2, -0.15) is 5.10 Å². The van der Waals surface area contributed by atoms with Crippen LogP contribution in [-0.2, 0) is 7.05 Å². The molecule has 1 aliphatic carbocycles. The van der Waals surface area contributed by atoms with E-state index < -0.39 is 0 Å². The minimum atomic E-state index is 0.587. The Balaban J connectivity index is 0.000000764. The van der Waals surface area contributed by atoms with E-state index in [-0.39, 0.29) is 0 Å². The molecular formula is C27H35N7. The van der Waals surface area contributed by atoms with Crippen molar-refractivity contribution < 1.29 is 0 Å². The third-order valence-corrected chi connectivity index (χ3v) is 6.64. The third-order valence-electron chi connectivity index (χ3n) is 6.64. The molecule has 1 saturated carbocycles. The molecule has 0 amide bonds. The normalized spacial score (nSPS) is 17.9. The molecule has 1 atom stereocenters. The number of benzene rings is 1. The lowest BCUT2D eigenvalue weighted by Gasteiger charge is -2.18. The van der Waals surface area contributed by atoms with Gasteiger partial charge in [0.05, 0.1) is 22.2 Å². The average Bonchev–Trinajstić information content (AvgIpc) is 3.40. The summed E-state index contributed by atoms with van der Waals surface area (Å²) in [4.78, 5) is 12.2. The molecule has 0 radical (unpaired) electrons. The van der Waals surface area contributed by atoms with Gasteiger partial charge in [-0.15, -0.1) is 0 Å². The van der Waals surface area contributed by atoms with Crippen LogP contribution < -0.4 is 15.5 Å². The van der Waals surface area contributed by atoms with Crippen molar-refractivity contribution in [3.8, 4) is 11.3 Å². The molecule has 1 aromatic carbocycles. The standard InChI is InChI=1S/C25H28N6.C2H7N/c1-16-11-18(12-19-14-30(2)29-25(16)19)21-5-6-23-22(27-21)7-8-24(28-23)31-10-9-20(15-31)26-13-17-3-4-17;1-3-2/h5-8,11-12,14,17,20,26H,3-4,9-10,13,15H2,1-2H3;3H,1-2H3. The number of nitrogens with zero attached hydrogens (tertiary/aromatic N) is 5. The Labute approximate surface area is 201 Å². The lowest BCUT2D eigenvalue weighted by molar-refractivity contribution is 0.530. The second kappa shape index (κ2) is 9.68. The summed E-state index contributed by atoms with van der Waals surface area (Å²) in [5.41, 5.74) is 6.20. The summed E-state index contributed by atoms with van der Waals surface area (Å²) in [6.07, 6.45) is 6.06. The number of pyridine rings is 2. The SMILES string of the molecule is CNC.Cc1cc(-c2ccc3nc(N4CCC(NCC5CC5)C4)ccc3n2)cc2cn(C)nc12. The summed E-state index contributed by atoms with van der Waals surface area (Å²) in [5.74, 6) is 1.99. The smallest absolute Gasteiger partial charge is 0.129 e. The van der Waals surface area contributed by atoms with E-state index in [2.05, 4.69) is 70.2 Å². The number of aryl methyl sites for hydroxylation is 2. The van der Waals surface area contributed by atoms with E-state index in [1.165, 1.54) is 31.4 Å². The quantitative estimate of drug-likeness (QED) is 0.474. The second-order valence-corrected chi connectivity index (χ2v) is 9.72. The lowest BCUT2D eigenvalue weighted by atomic mass is 10.0.